The first-order valence-corrected chi connectivity index (χ1v) is 8.64. The molecule has 1 saturated heterocycles. The molecule has 0 bridgehead atoms. The fourth-order valence-corrected chi connectivity index (χ4v) is 3.74. The van der Waals surface area contributed by atoms with Crippen molar-refractivity contribution in [3.63, 3.8) is 0 Å². The Bertz CT molecular complexity index is 437. The first-order valence-electron chi connectivity index (χ1n) is 7.47. The van der Waals surface area contributed by atoms with Crippen LogP contribution in [0, 0.1) is 5.92 Å². The highest BCUT2D eigenvalue weighted by molar-refractivity contribution is 9.10. The van der Waals surface area contributed by atoms with Gasteiger partial charge in [0.2, 0.25) is 0 Å². The Hall–Kier alpha value is 0.490. The lowest BCUT2D eigenvalue weighted by atomic mass is 9.96. The third-order valence-corrected chi connectivity index (χ3v) is 4.85. The highest BCUT2D eigenvalue weighted by Crippen LogP contribution is 2.34. The van der Waals surface area contributed by atoms with E-state index in [1.165, 1.54) is 18.4 Å². The molecule has 1 aliphatic rings. The summed E-state index contributed by atoms with van der Waals surface area (Å²) in [5.74, 6) is 0.742. The van der Waals surface area contributed by atoms with Gasteiger partial charge in [0, 0.05) is 41.7 Å². The third kappa shape index (κ3) is 6.54. The van der Waals surface area contributed by atoms with Crippen LogP contribution in [0.25, 0.3) is 0 Å². The van der Waals surface area contributed by atoms with E-state index in [2.05, 4.69) is 46.1 Å². The number of hydrogen-bond acceptors (Lipinski definition) is 2. The third-order valence-electron chi connectivity index (χ3n) is 3.93. The van der Waals surface area contributed by atoms with Gasteiger partial charge in [0.1, 0.15) is 0 Å². The molecular formula is C16H26BrCl3N2. The number of nitrogens with one attached hydrogen (secondary N) is 1. The summed E-state index contributed by atoms with van der Waals surface area (Å²) in [5.41, 5.74) is 1.37. The van der Waals surface area contributed by atoms with Gasteiger partial charge >= 0.3 is 0 Å². The van der Waals surface area contributed by atoms with Crippen molar-refractivity contribution in [2.75, 3.05) is 26.2 Å². The summed E-state index contributed by atoms with van der Waals surface area (Å²) in [6.45, 7) is 9.01. The number of rotatable bonds is 5. The number of hydrogen-bond donors (Lipinski definition) is 1. The van der Waals surface area contributed by atoms with Gasteiger partial charge in [-0.2, -0.15) is 0 Å². The molecular weight excluding hydrogens is 406 g/mol. The molecule has 0 unspecified atom stereocenters. The summed E-state index contributed by atoms with van der Waals surface area (Å²) in [6.07, 6.45) is 2.46. The minimum atomic E-state index is 0. The molecule has 0 aliphatic carbocycles. The maximum atomic E-state index is 6.08. The van der Waals surface area contributed by atoms with Crippen LogP contribution in [0.15, 0.2) is 22.7 Å². The lowest BCUT2D eigenvalue weighted by molar-refractivity contribution is 0.159. The Balaban J connectivity index is 0.00000220. The molecule has 0 radical (unpaired) electrons. The summed E-state index contributed by atoms with van der Waals surface area (Å²) in [6, 6.07) is 6.69. The molecule has 2 nitrogen and oxygen atoms in total. The van der Waals surface area contributed by atoms with Gasteiger partial charge in [0.25, 0.3) is 0 Å². The number of benzene rings is 1. The van der Waals surface area contributed by atoms with E-state index < -0.39 is 0 Å². The highest BCUT2D eigenvalue weighted by Gasteiger charge is 2.23. The van der Waals surface area contributed by atoms with Crippen LogP contribution >= 0.6 is 52.3 Å². The molecule has 1 fully saturated rings. The first-order chi connectivity index (χ1) is 9.58. The van der Waals surface area contributed by atoms with E-state index in [0.717, 1.165) is 41.6 Å². The highest BCUT2D eigenvalue weighted by atomic mass is 79.9. The van der Waals surface area contributed by atoms with Crippen LogP contribution in [0.1, 0.15) is 38.3 Å². The lowest BCUT2D eigenvalue weighted by Gasteiger charge is -2.36. The second-order valence-electron chi connectivity index (χ2n) is 5.94. The first kappa shape index (κ1) is 22.5. The van der Waals surface area contributed by atoms with E-state index >= 15 is 0 Å². The Labute approximate surface area is 160 Å². The van der Waals surface area contributed by atoms with Crippen molar-refractivity contribution >= 4 is 52.3 Å². The zero-order valence-corrected chi connectivity index (χ0v) is 17.1. The predicted octanol–water partition coefficient (Wildman–Crippen LogP) is 5.33. The van der Waals surface area contributed by atoms with Gasteiger partial charge in [-0.05, 0) is 36.5 Å². The van der Waals surface area contributed by atoms with Gasteiger partial charge in [-0.3, -0.25) is 4.90 Å². The van der Waals surface area contributed by atoms with E-state index in [1.54, 1.807) is 0 Å². The van der Waals surface area contributed by atoms with Crippen molar-refractivity contribution in [1.82, 2.24) is 10.2 Å². The molecule has 1 N–H and O–H groups in total. The second-order valence-corrected chi connectivity index (χ2v) is 7.23. The summed E-state index contributed by atoms with van der Waals surface area (Å²) in [7, 11) is 0. The summed E-state index contributed by atoms with van der Waals surface area (Å²) in [4.78, 5) is 2.60. The predicted molar refractivity (Wildman–Crippen MR) is 105 cm³/mol. The van der Waals surface area contributed by atoms with Gasteiger partial charge in [-0.25, -0.2) is 0 Å². The molecule has 1 aliphatic heterocycles. The zero-order chi connectivity index (χ0) is 14.5. The Morgan fingerprint density at radius 3 is 2.36 bits per heavy atom. The average molecular weight is 433 g/mol. The molecule has 6 heteroatoms. The van der Waals surface area contributed by atoms with Crippen LogP contribution < -0.4 is 5.32 Å². The summed E-state index contributed by atoms with van der Waals surface area (Å²) >= 11 is 9.78. The molecule has 0 spiro atoms. The molecule has 1 heterocycles. The van der Waals surface area contributed by atoms with Crippen molar-refractivity contribution < 1.29 is 0 Å². The fraction of sp³-hybridized carbons (Fsp3) is 0.625. The lowest BCUT2D eigenvalue weighted by Crippen LogP contribution is -2.45. The van der Waals surface area contributed by atoms with E-state index in [-0.39, 0.29) is 24.8 Å². The van der Waals surface area contributed by atoms with E-state index in [4.69, 9.17) is 11.6 Å². The van der Waals surface area contributed by atoms with E-state index in [9.17, 15) is 0 Å². The maximum Gasteiger partial charge on any atom is 0.0417 e. The SMILES string of the molecule is CC(C)CC[C@@H](c1ccc(Cl)cc1Br)N1CCNCC1.Cl.Cl. The maximum absolute atomic E-state index is 6.08. The Kier molecular flexibility index (Phi) is 11.4. The van der Waals surface area contributed by atoms with Crippen molar-refractivity contribution in [1.29, 1.82) is 0 Å². The number of nitrogens with zero attached hydrogens (tertiary/aromatic N) is 1. The second kappa shape index (κ2) is 11.1. The molecule has 22 heavy (non-hydrogen) atoms. The normalized spacial score (nSPS) is 16.8. The van der Waals surface area contributed by atoms with Crippen molar-refractivity contribution in [2.24, 2.45) is 5.92 Å². The average Bonchev–Trinajstić information content (AvgIpc) is 2.42. The van der Waals surface area contributed by atoms with Crippen LogP contribution in [0.5, 0.6) is 0 Å². The van der Waals surface area contributed by atoms with Crippen LogP contribution in [0.4, 0.5) is 0 Å². The van der Waals surface area contributed by atoms with Gasteiger partial charge in [-0.1, -0.05) is 47.4 Å². The minimum Gasteiger partial charge on any atom is -0.314 e. The molecule has 0 saturated carbocycles. The molecule has 1 aromatic rings. The van der Waals surface area contributed by atoms with Crippen LogP contribution in [0.2, 0.25) is 5.02 Å². The van der Waals surface area contributed by atoms with Crippen molar-refractivity contribution in [2.45, 2.75) is 32.7 Å². The topological polar surface area (TPSA) is 15.3 Å². The molecule has 1 aromatic carbocycles. The minimum absolute atomic E-state index is 0. The smallest absolute Gasteiger partial charge is 0.0417 e. The quantitative estimate of drug-likeness (QED) is 0.677. The molecule has 128 valence electrons. The van der Waals surface area contributed by atoms with Gasteiger partial charge in [-0.15, -0.1) is 24.8 Å². The summed E-state index contributed by atoms with van der Waals surface area (Å²) < 4.78 is 1.14. The van der Waals surface area contributed by atoms with Crippen molar-refractivity contribution in [3.05, 3.63) is 33.3 Å². The van der Waals surface area contributed by atoms with E-state index in [1.807, 2.05) is 12.1 Å². The molecule has 1 atom stereocenters. The number of piperazine rings is 1. The van der Waals surface area contributed by atoms with E-state index in [0.29, 0.717) is 6.04 Å². The fourth-order valence-electron chi connectivity index (χ4n) is 2.79. The summed E-state index contributed by atoms with van der Waals surface area (Å²) in [5, 5.41) is 4.23. The van der Waals surface area contributed by atoms with Crippen LogP contribution in [-0.2, 0) is 0 Å². The zero-order valence-electron chi connectivity index (χ0n) is 13.1. The van der Waals surface area contributed by atoms with Gasteiger partial charge in [0.15, 0.2) is 0 Å². The molecule has 2 rings (SSSR count). The Morgan fingerprint density at radius 1 is 1.18 bits per heavy atom. The van der Waals surface area contributed by atoms with Crippen LogP contribution in [0.3, 0.4) is 0 Å². The largest absolute Gasteiger partial charge is 0.314 e. The Morgan fingerprint density at radius 2 is 1.82 bits per heavy atom. The van der Waals surface area contributed by atoms with Crippen LogP contribution in [-0.4, -0.2) is 31.1 Å². The number of halogens is 4. The van der Waals surface area contributed by atoms with Gasteiger partial charge < -0.3 is 5.32 Å². The van der Waals surface area contributed by atoms with Crippen molar-refractivity contribution in [3.8, 4) is 0 Å². The van der Waals surface area contributed by atoms with Gasteiger partial charge in [0.05, 0.1) is 0 Å². The molecule has 0 amide bonds. The monoisotopic (exact) mass is 430 g/mol. The standard InChI is InChI=1S/C16H24BrClN2.2ClH/c1-12(2)3-6-16(20-9-7-19-8-10-20)14-5-4-13(18)11-15(14)17;;/h4-5,11-12,16,19H,3,6-10H2,1-2H3;2*1H/t16-;;/m0../s1. The molecule has 0 aromatic heterocycles.